The van der Waals surface area contributed by atoms with Crippen LogP contribution in [-0.4, -0.2) is 30.2 Å². The topological polar surface area (TPSA) is 66.8 Å². The zero-order chi connectivity index (χ0) is 13.2. The van der Waals surface area contributed by atoms with Crippen LogP contribution < -0.4 is 5.46 Å². The van der Waals surface area contributed by atoms with Gasteiger partial charge in [0, 0.05) is 0 Å². The molecule has 0 bridgehead atoms. The SMILES string of the molecule is COC(=O)c1cc(C(F)(F)F)ccc1B(O)O. The van der Waals surface area contributed by atoms with Crippen LogP contribution in [0.25, 0.3) is 0 Å². The summed E-state index contributed by atoms with van der Waals surface area (Å²) in [5.74, 6) is -1.07. The van der Waals surface area contributed by atoms with Crippen molar-refractivity contribution in [1.29, 1.82) is 0 Å². The van der Waals surface area contributed by atoms with Gasteiger partial charge in [-0.15, -0.1) is 0 Å². The Morgan fingerprint density at radius 3 is 2.35 bits per heavy atom. The normalized spacial score (nSPS) is 11.2. The van der Waals surface area contributed by atoms with Crippen LogP contribution >= 0.6 is 0 Å². The molecule has 0 spiro atoms. The van der Waals surface area contributed by atoms with Crippen LogP contribution in [0.4, 0.5) is 13.2 Å². The van der Waals surface area contributed by atoms with Crippen molar-refractivity contribution >= 4 is 18.6 Å². The van der Waals surface area contributed by atoms with Gasteiger partial charge < -0.3 is 14.8 Å². The highest BCUT2D eigenvalue weighted by Gasteiger charge is 2.33. The standard InChI is InChI=1S/C9H8BF3O4/c1-17-8(14)6-4-5(9(11,12)13)2-3-7(6)10(15)16/h2-4,15-16H,1H3. The minimum atomic E-state index is -4.62. The minimum Gasteiger partial charge on any atom is -0.465 e. The fraction of sp³-hybridized carbons (Fsp3) is 0.222. The average molecular weight is 248 g/mol. The highest BCUT2D eigenvalue weighted by molar-refractivity contribution is 6.60. The molecule has 0 atom stereocenters. The number of esters is 1. The lowest BCUT2D eigenvalue weighted by atomic mass is 9.76. The maximum absolute atomic E-state index is 12.4. The highest BCUT2D eigenvalue weighted by atomic mass is 19.4. The summed E-state index contributed by atoms with van der Waals surface area (Å²) in [6.07, 6.45) is -4.62. The van der Waals surface area contributed by atoms with Gasteiger partial charge in [-0.3, -0.25) is 0 Å². The Balaban J connectivity index is 3.34. The number of hydrogen-bond donors (Lipinski definition) is 2. The summed E-state index contributed by atoms with van der Waals surface area (Å²) < 4.78 is 41.4. The van der Waals surface area contributed by atoms with Crippen molar-refractivity contribution in [3.05, 3.63) is 29.3 Å². The van der Waals surface area contributed by atoms with E-state index in [9.17, 15) is 18.0 Å². The molecule has 1 aromatic rings. The first kappa shape index (κ1) is 13.5. The van der Waals surface area contributed by atoms with E-state index < -0.39 is 30.4 Å². The van der Waals surface area contributed by atoms with Crippen LogP contribution in [0.1, 0.15) is 15.9 Å². The molecule has 0 saturated carbocycles. The molecule has 4 nitrogen and oxygen atoms in total. The summed E-state index contributed by atoms with van der Waals surface area (Å²) in [5, 5.41) is 17.8. The second-order valence-corrected chi connectivity index (χ2v) is 3.17. The van der Waals surface area contributed by atoms with Crippen molar-refractivity contribution in [3.8, 4) is 0 Å². The number of methoxy groups -OCH3 is 1. The molecule has 0 unspecified atom stereocenters. The molecule has 0 aliphatic heterocycles. The molecule has 0 aliphatic rings. The Labute approximate surface area is 94.8 Å². The molecule has 1 aromatic carbocycles. The number of rotatable bonds is 2. The maximum Gasteiger partial charge on any atom is 0.489 e. The molecule has 17 heavy (non-hydrogen) atoms. The van der Waals surface area contributed by atoms with Crippen LogP contribution in [0.2, 0.25) is 0 Å². The Bertz CT molecular complexity index is 431. The lowest BCUT2D eigenvalue weighted by Gasteiger charge is -2.11. The highest BCUT2D eigenvalue weighted by Crippen LogP contribution is 2.29. The number of ether oxygens (including phenoxy) is 1. The van der Waals surface area contributed by atoms with Crippen LogP contribution in [0, 0.1) is 0 Å². The largest absolute Gasteiger partial charge is 0.489 e. The van der Waals surface area contributed by atoms with E-state index in [4.69, 9.17) is 10.0 Å². The predicted octanol–water partition coefficient (Wildman–Crippen LogP) is 0.172. The van der Waals surface area contributed by atoms with Crippen molar-refractivity contribution < 1.29 is 32.8 Å². The van der Waals surface area contributed by atoms with Crippen LogP contribution in [0.15, 0.2) is 18.2 Å². The average Bonchev–Trinajstić information content (AvgIpc) is 2.25. The van der Waals surface area contributed by atoms with E-state index in [1.165, 1.54) is 0 Å². The predicted molar refractivity (Wildman–Crippen MR) is 52.6 cm³/mol. The smallest absolute Gasteiger partial charge is 0.465 e. The fourth-order valence-corrected chi connectivity index (χ4v) is 1.24. The maximum atomic E-state index is 12.4. The van der Waals surface area contributed by atoms with Crippen LogP contribution in [0.5, 0.6) is 0 Å². The van der Waals surface area contributed by atoms with Crippen molar-refractivity contribution in [3.63, 3.8) is 0 Å². The monoisotopic (exact) mass is 248 g/mol. The van der Waals surface area contributed by atoms with Gasteiger partial charge in [-0.2, -0.15) is 13.2 Å². The zero-order valence-corrected chi connectivity index (χ0v) is 8.65. The van der Waals surface area contributed by atoms with Gasteiger partial charge in [0.05, 0.1) is 18.2 Å². The third-order valence-corrected chi connectivity index (χ3v) is 2.06. The Kier molecular flexibility index (Phi) is 3.79. The number of hydrogen-bond acceptors (Lipinski definition) is 4. The third-order valence-electron chi connectivity index (χ3n) is 2.06. The Morgan fingerprint density at radius 2 is 1.94 bits per heavy atom. The lowest BCUT2D eigenvalue weighted by Crippen LogP contribution is -2.35. The van der Waals surface area contributed by atoms with Crippen molar-refractivity contribution in [2.45, 2.75) is 6.18 Å². The van der Waals surface area contributed by atoms with E-state index >= 15 is 0 Å². The van der Waals surface area contributed by atoms with E-state index in [0.717, 1.165) is 13.2 Å². The van der Waals surface area contributed by atoms with Crippen molar-refractivity contribution in [2.75, 3.05) is 7.11 Å². The molecular weight excluding hydrogens is 240 g/mol. The van der Waals surface area contributed by atoms with Gasteiger partial charge in [-0.05, 0) is 11.5 Å². The first-order valence-corrected chi connectivity index (χ1v) is 4.43. The summed E-state index contributed by atoms with van der Waals surface area (Å²) in [6.45, 7) is 0. The Hall–Kier alpha value is -1.54. The van der Waals surface area contributed by atoms with Gasteiger partial charge in [0.15, 0.2) is 0 Å². The molecule has 0 fully saturated rings. The van der Waals surface area contributed by atoms with E-state index in [1.807, 2.05) is 0 Å². The first-order chi connectivity index (χ1) is 7.77. The molecular formula is C9H8BF3O4. The quantitative estimate of drug-likeness (QED) is 0.578. The minimum absolute atomic E-state index is 0.343. The fourth-order valence-electron chi connectivity index (χ4n) is 1.24. The zero-order valence-electron chi connectivity index (χ0n) is 8.65. The number of halogens is 3. The van der Waals surface area contributed by atoms with Gasteiger partial charge in [0.1, 0.15) is 0 Å². The Morgan fingerprint density at radius 1 is 1.35 bits per heavy atom. The molecule has 1 rings (SSSR count). The molecule has 0 heterocycles. The van der Waals surface area contributed by atoms with Gasteiger partial charge in [0.25, 0.3) is 0 Å². The molecule has 0 radical (unpaired) electrons. The van der Waals surface area contributed by atoms with Crippen molar-refractivity contribution in [1.82, 2.24) is 0 Å². The first-order valence-electron chi connectivity index (χ1n) is 4.43. The summed E-state index contributed by atoms with van der Waals surface area (Å²) in [5.41, 5.74) is -1.94. The molecule has 0 amide bonds. The van der Waals surface area contributed by atoms with E-state index in [2.05, 4.69) is 4.74 Å². The summed E-state index contributed by atoms with van der Waals surface area (Å²) in [4.78, 5) is 11.2. The molecule has 0 aromatic heterocycles. The number of alkyl halides is 3. The van der Waals surface area contributed by atoms with Gasteiger partial charge in [0.2, 0.25) is 0 Å². The lowest BCUT2D eigenvalue weighted by molar-refractivity contribution is -0.137. The van der Waals surface area contributed by atoms with E-state index in [1.54, 1.807) is 0 Å². The second kappa shape index (κ2) is 4.76. The summed E-state index contributed by atoms with van der Waals surface area (Å²) >= 11 is 0. The summed E-state index contributed by atoms with van der Waals surface area (Å²) in [7, 11) is -1.07. The molecule has 0 saturated heterocycles. The molecule has 2 N–H and O–H groups in total. The van der Waals surface area contributed by atoms with Gasteiger partial charge in [-0.25, -0.2) is 4.79 Å². The second-order valence-electron chi connectivity index (χ2n) is 3.17. The third kappa shape index (κ3) is 2.98. The molecule has 92 valence electrons. The van der Waals surface area contributed by atoms with E-state index in [0.29, 0.717) is 12.1 Å². The van der Waals surface area contributed by atoms with Gasteiger partial charge in [-0.1, -0.05) is 12.1 Å². The van der Waals surface area contributed by atoms with Crippen LogP contribution in [-0.2, 0) is 10.9 Å². The molecule has 8 heteroatoms. The number of carbonyl (C=O) groups excluding carboxylic acids is 1. The number of benzene rings is 1. The van der Waals surface area contributed by atoms with Gasteiger partial charge >= 0.3 is 19.3 Å². The summed E-state index contributed by atoms with van der Waals surface area (Å²) in [6, 6.07) is 1.99. The van der Waals surface area contributed by atoms with E-state index in [-0.39, 0.29) is 5.46 Å². The number of carbonyl (C=O) groups is 1. The molecule has 0 aliphatic carbocycles. The van der Waals surface area contributed by atoms with Crippen LogP contribution in [0.3, 0.4) is 0 Å². The van der Waals surface area contributed by atoms with Crippen molar-refractivity contribution in [2.24, 2.45) is 0 Å².